The molecule has 1 saturated heterocycles. The molecule has 0 radical (unpaired) electrons. The molecule has 1 atom stereocenters. The van der Waals surface area contributed by atoms with Gasteiger partial charge in [-0.25, -0.2) is 0 Å². The molecule has 1 amide bonds. The molecule has 156 valence electrons. The maximum absolute atomic E-state index is 13.2. The lowest BCUT2D eigenvalue weighted by Gasteiger charge is -2.26. The molecule has 1 unspecified atom stereocenters. The van der Waals surface area contributed by atoms with Crippen LogP contribution in [0.5, 0.6) is 0 Å². The SMILES string of the molecule is Cc1cccc(C2/C(=C(\O)c3cc(C)ccc3C)C(=O)C(=O)N2c2cccc(C)c2)c1. The lowest BCUT2D eigenvalue weighted by atomic mass is 9.92. The van der Waals surface area contributed by atoms with E-state index in [0.717, 1.165) is 27.8 Å². The molecule has 3 aromatic rings. The summed E-state index contributed by atoms with van der Waals surface area (Å²) >= 11 is 0. The van der Waals surface area contributed by atoms with Gasteiger partial charge in [0.2, 0.25) is 0 Å². The average Bonchev–Trinajstić information content (AvgIpc) is 3.00. The molecule has 31 heavy (non-hydrogen) atoms. The summed E-state index contributed by atoms with van der Waals surface area (Å²) in [6.45, 7) is 7.72. The third-order valence-corrected chi connectivity index (χ3v) is 5.73. The number of aliphatic hydroxyl groups is 1. The summed E-state index contributed by atoms with van der Waals surface area (Å²) in [6.07, 6.45) is 0. The molecule has 0 spiro atoms. The Balaban J connectivity index is 2.00. The second-order valence-electron chi connectivity index (χ2n) is 8.24. The second kappa shape index (κ2) is 7.88. The smallest absolute Gasteiger partial charge is 0.300 e. The lowest BCUT2D eigenvalue weighted by Crippen LogP contribution is -2.29. The van der Waals surface area contributed by atoms with Gasteiger partial charge in [-0.3, -0.25) is 14.5 Å². The van der Waals surface area contributed by atoms with E-state index in [1.165, 1.54) is 4.90 Å². The molecule has 1 N–H and O–H groups in total. The molecule has 0 aromatic heterocycles. The Kier molecular flexibility index (Phi) is 5.24. The van der Waals surface area contributed by atoms with Crippen molar-refractivity contribution in [3.63, 3.8) is 0 Å². The minimum Gasteiger partial charge on any atom is -0.507 e. The number of Topliss-reactive ketones (excluding diaryl/α,β-unsaturated/α-hetero) is 1. The molecule has 1 aliphatic rings. The van der Waals surface area contributed by atoms with Crippen LogP contribution in [0, 0.1) is 27.7 Å². The molecule has 4 nitrogen and oxygen atoms in total. The Hall–Kier alpha value is -3.66. The number of amides is 1. The minimum atomic E-state index is -0.707. The van der Waals surface area contributed by atoms with Crippen molar-refractivity contribution in [1.82, 2.24) is 0 Å². The third-order valence-electron chi connectivity index (χ3n) is 5.73. The molecule has 4 rings (SSSR count). The molecular formula is C27H25NO3. The monoisotopic (exact) mass is 411 g/mol. The van der Waals surface area contributed by atoms with E-state index in [4.69, 9.17) is 0 Å². The van der Waals surface area contributed by atoms with E-state index in [1.54, 1.807) is 0 Å². The summed E-state index contributed by atoms with van der Waals surface area (Å²) in [7, 11) is 0. The van der Waals surface area contributed by atoms with Crippen LogP contribution in [-0.4, -0.2) is 16.8 Å². The van der Waals surface area contributed by atoms with Gasteiger partial charge in [0.25, 0.3) is 11.7 Å². The van der Waals surface area contributed by atoms with Crippen LogP contribution in [0.4, 0.5) is 5.69 Å². The zero-order valence-electron chi connectivity index (χ0n) is 18.1. The van der Waals surface area contributed by atoms with Gasteiger partial charge in [-0.05, 0) is 62.6 Å². The molecule has 1 heterocycles. The number of aliphatic hydroxyl groups excluding tert-OH is 1. The second-order valence-corrected chi connectivity index (χ2v) is 8.24. The molecule has 0 saturated carbocycles. The summed E-state index contributed by atoms with van der Waals surface area (Å²) in [5.41, 5.74) is 5.91. The number of ketones is 1. The molecule has 4 heteroatoms. The van der Waals surface area contributed by atoms with Gasteiger partial charge in [0.1, 0.15) is 5.76 Å². The van der Waals surface area contributed by atoms with Gasteiger partial charge in [0.15, 0.2) is 0 Å². The first kappa shape index (κ1) is 20.6. The van der Waals surface area contributed by atoms with Crippen molar-refractivity contribution >= 4 is 23.1 Å². The summed E-state index contributed by atoms with van der Waals surface area (Å²) < 4.78 is 0. The summed E-state index contributed by atoms with van der Waals surface area (Å²) in [5, 5.41) is 11.3. The number of carbonyl (C=O) groups excluding carboxylic acids is 2. The van der Waals surface area contributed by atoms with Gasteiger partial charge < -0.3 is 5.11 Å². The van der Waals surface area contributed by atoms with Gasteiger partial charge in [0.05, 0.1) is 11.6 Å². The van der Waals surface area contributed by atoms with Crippen molar-refractivity contribution in [2.45, 2.75) is 33.7 Å². The highest BCUT2D eigenvalue weighted by Gasteiger charge is 2.47. The maximum atomic E-state index is 13.2. The van der Waals surface area contributed by atoms with E-state index in [2.05, 4.69) is 0 Å². The zero-order valence-corrected chi connectivity index (χ0v) is 18.1. The highest BCUT2D eigenvalue weighted by Crippen LogP contribution is 2.42. The Morgan fingerprint density at radius 2 is 1.45 bits per heavy atom. The zero-order chi connectivity index (χ0) is 22.3. The van der Waals surface area contributed by atoms with Gasteiger partial charge in [-0.2, -0.15) is 0 Å². The van der Waals surface area contributed by atoms with Crippen molar-refractivity contribution in [2.24, 2.45) is 0 Å². The van der Waals surface area contributed by atoms with Crippen LogP contribution in [0.3, 0.4) is 0 Å². The van der Waals surface area contributed by atoms with Gasteiger partial charge in [0, 0.05) is 11.3 Å². The Labute approximate surface area is 182 Å². The summed E-state index contributed by atoms with van der Waals surface area (Å²) in [6, 6.07) is 20.2. The number of nitrogens with zero attached hydrogens (tertiary/aromatic N) is 1. The maximum Gasteiger partial charge on any atom is 0.300 e. The van der Waals surface area contributed by atoms with Gasteiger partial charge >= 0.3 is 0 Å². The first-order chi connectivity index (χ1) is 14.8. The Morgan fingerprint density at radius 3 is 2.13 bits per heavy atom. The van der Waals surface area contributed by atoms with E-state index in [1.807, 2.05) is 94.4 Å². The van der Waals surface area contributed by atoms with Crippen molar-refractivity contribution in [2.75, 3.05) is 4.90 Å². The van der Waals surface area contributed by atoms with Crippen molar-refractivity contribution in [3.8, 4) is 0 Å². The molecular weight excluding hydrogens is 386 g/mol. The van der Waals surface area contributed by atoms with E-state index in [0.29, 0.717) is 11.3 Å². The predicted octanol–water partition coefficient (Wildman–Crippen LogP) is 5.55. The first-order valence-corrected chi connectivity index (χ1v) is 10.3. The number of carbonyl (C=O) groups is 2. The molecule has 0 aliphatic carbocycles. The molecule has 1 aliphatic heterocycles. The number of rotatable bonds is 3. The number of anilines is 1. The highest BCUT2D eigenvalue weighted by molar-refractivity contribution is 6.51. The fourth-order valence-corrected chi connectivity index (χ4v) is 4.17. The normalized spacial score (nSPS) is 17.9. The van der Waals surface area contributed by atoms with Crippen LogP contribution in [0.15, 0.2) is 72.3 Å². The number of hydrogen-bond acceptors (Lipinski definition) is 3. The summed E-state index contributed by atoms with van der Waals surface area (Å²) in [5.74, 6) is -1.45. The van der Waals surface area contributed by atoms with E-state index >= 15 is 0 Å². The summed E-state index contributed by atoms with van der Waals surface area (Å²) in [4.78, 5) is 28.0. The van der Waals surface area contributed by atoms with Crippen molar-refractivity contribution in [3.05, 3.63) is 106 Å². The fraction of sp³-hybridized carbons (Fsp3) is 0.185. The van der Waals surface area contributed by atoms with Crippen LogP contribution in [0.2, 0.25) is 0 Å². The minimum absolute atomic E-state index is 0.116. The van der Waals surface area contributed by atoms with Crippen LogP contribution < -0.4 is 4.90 Å². The quantitative estimate of drug-likeness (QED) is 0.349. The van der Waals surface area contributed by atoms with Crippen LogP contribution in [-0.2, 0) is 9.59 Å². The fourth-order valence-electron chi connectivity index (χ4n) is 4.17. The van der Waals surface area contributed by atoms with Crippen LogP contribution >= 0.6 is 0 Å². The first-order valence-electron chi connectivity index (χ1n) is 10.3. The third kappa shape index (κ3) is 3.66. The van der Waals surface area contributed by atoms with Crippen LogP contribution in [0.25, 0.3) is 5.76 Å². The standard InChI is InChI=1S/C27H25NO3/c1-16-7-5-9-20(13-16)24-23(25(29)22-15-18(3)11-12-19(22)4)26(30)27(31)28(24)21-10-6-8-17(2)14-21/h5-15,24,29H,1-4H3/b25-23+. The average molecular weight is 412 g/mol. The number of aryl methyl sites for hydroxylation is 4. The number of benzene rings is 3. The Morgan fingerprint density at radius 1 is 0.806 bits per heavy atom. The van der Waals surface area contributed by atoms with Gasteiger partial charge in [-0.1, -0.05) is 59.7 Å². The van der Waals surface area contributed by atoms with E-state index in [9.17, 15) is 14.7 Å². The molecule has 1 fully saturated rings. The highest BCUT2D eigenvalue weighted by atomic mass is 16.3. The van der Waals surface area contributed by atoms with E-state index in [-0.39, 0.29) is 11.3 Å². The molecule has 3 aromatic carbocycles. The van der Waals surface area contributed by atoms with Crippen molar-refractivity contribution in [1.29, 1.82) is 0 Å². The largest absolute Gasteiger partial charge is 0.507 e. The van der Waals surface area contributed by atoms with Gasteiger partial charge in [-0.15, -0.1) is 0 Å². The lowest BCUT2D eigenvalue weighted by molar-refractivity contribution is -0.132. The predicted molar refractivity (Wildman–Crippen MR) is 123 cm³/mol. The van der Waals surface area contributed by atoms with Crippen LogP contribution in [0.1, 0.15) is 39.4 Å². The van der Waals surface area contributed by atoms with Crippen molar-refractivity contribution < 1.29 is 14.7 Å². The Bertz CT molecular complexity index is 1240. The topological polar surface area (TPSA) is 57.6 Å². The van der Waals surface area contributed by atoms with E-state index < -0.39 is 17.7 Å². The number of hydrogen-bond donors (Lipinski definition) is 1. The molecule has 0 bridgehead atoms.